The highest BCUT2D eigenvalue weighted by Gasteiger charge is 2.13. The molecular formula is C12H15NO6S. The first-order valence-electron chi connectivity index (χ1n) is 5.75. The molecule has 0 aliphatic rings. The number of rotatable bonds is 8. The number of carboxylic acids is 1. The number of primary amides is 1. The summed E-state index contributed by atoms with van der Waals surface area (Å²) >= 11 is 0. The highest BCUT2D eigenvalue weighted by atomic mass is 32.2. The van der Waals surface area contributed by atoms with Crippen molar-refractivity contribution in [2.45, 2.75) is 6.42 Å². The fourth-order valence-electron chi connectivity index (χ4n) is 1.36. The standard InChI is InChI=1S/C12H15NO6S/c13-11(14)4-6-20(17,18)7-5-19-10-3-1-2-9(8-10)12(15)16/h1-3,8H,4-7H2,(H2,13,14)(H,15,16). The van der Waals surface area contributed by atoms with E-state index < -0.39 is 21.7 Å². The van der Waals surface area contributed by atoms with Crippen LogP contribution in [0.1, 0.15) is 16.8 Å². The first-order chi connectivity index (χ1) is 9.30. The Hall–Kier alpha value is -2.09. The number of amides is 1. The van der Waals surface area contributed by atoms with E-state index in [1.807, 2.05) is 0 Å². The molecule has 1 aromatic carbocycles. The molecule has 7 nitrogen and oxygen atoms in total. The molecule has 0 unspecified atom stereocenters. The molecule has 1 amide bonds. The molecule has 1 aromatic rings. The van der Waals surface area contributed by atoms with Gasteiger partial charge in [0.2, 0.25) is 5.91 Å². The molecule has 8 heteroatoms. The quantitative estimate of drug-likeness (QED) is 0.699. The predicted molar refractivity (Wildman–Crippen MR) is 71.4 cm³/mol. The van der Waals surface area contributed by atoms with Gasteiger partial charge in [0.05, 0.1) is 17.1 Å². The van der Waals surface area contributed by atoms with Crippen LogP contribution in [0.4, 0.5) is 0 Å². The molecule has 0 saturated carbocycles. The van der Waals surface area contributed by atoms with Gasteiger partial charge < -0.3 is 15.6 Å². The number of sulfone groups is 1. The average molecular weight is 301 g/mol. The molecule has 0 bridgehead atoms. The van der Waals surface area contributed by atoms with Gasteiger partial charge >= 0.3 is 5.97 Å². The van der Waals surface area contributed by atoms with Crippen LogP contribution >= 0.6 is 0 Å². The Morgan fingerprint density at radius 3 is 2.55 bits per heavy atom. The van der Waals surface area contributed by atoms with Crippen LogP contribution in [0, 0.1) is 0 Å². The van der Waals surface area contributed by atoms with Gasteiger partial charge in [0.15, 0.2) is 9.84 Å². The number of hydrogen-bond donors (Lipinski definition) is 2. The lowest BCUT2D eigenvalue weighted by Gasteiger charge is -2.07. The van der Waals surface area contributed by atoms with Crippen molar-refractivity contribution in [3.8, 4) is 5.75 Å². The second-order valence-electron chi connectivity index (χ2n) is 4.05. The summed E-state index contributed by atoms with van der Waals surface area (Å²) in [4.78, 5) is 21.3. The largest absolute Gasteiger partial charge is 0.493 e. The van der Waals surface area contributed by atoms with Gasteiger partial charge in [-0.2, -0.15) is 0 Å². The summed E-state index contributed by atoms with van der Waals surface area (Å²) in [6.45, 7) is -0.121. The van der Waals surface area contributed by atoms with Crippen molar-refractivity contribution in [3.05, 3.63) is 29.8 Å². The maximum Gasteiger partial charge on any atom is 0.335 e. The lowest BCUT2D eigenvalue weighted by Crippen LogP contribution is -2.21. The third kappa shape index (κ3) is 5.70. The number of nitrogens with two attached hydrogens (primary N) is 1. The van der Waals surface area contributed by atoms with Gasteiger partial charge in [-0.15, -0.1) is 0 Å². The minimum Gasteiger partial charge on any atom is -0.493 e. The highest BCUT2D eigenvalue weighted by Crippen LogP contribution is 2.13. The monoisotopic (exact) mass is 301 g/mol. The third-order valence-corrected chi connectivity index (χ3v) is 4.02. The van der Waals surface area contributed by atoms with Crippen molar-refractivity contribution >= 4 is 21.7 Å². The van der Waals surface area contributed by atoms with Crippen molar-refractivity contribution in [2.75, 3.05) is 18.1 Å². The fourth-order valence-corrected chi connectivity index (χ4v) is 2.42. The van der Waals surface area contributed by atoms with E-state index in [0.29, 0.717) is 0 Å². The Labute approximate surface area is 116 Å². The normalized spacial score (nSPS) is 11.0. The Balaban J connectivity index is 2.50. The van der Waals surface area contributed by atoms with Crippen LogP contribution in [0.15, 0.2) is 24.3 Å². The highest BCUT2D eigenvalue weighted by molar-refractivity contribution is 7.91. The zero-order chi connectivity index (χ0) is 15.2. The number of hydrogen-bond acceptors (Lipinski definition) is 5. The smallest absolute Gasteiger partial charge is 0.335 e. The van der Waals surface area contributed by atoms with Crippen molar-refractivity contribution in [1.82, 2.24) is 0 Å². The SMILES string of the molecule is NC(=O)CCS(=O)(=O)CCOc1cccc(C(=O)O)c1. The topological polar surface area (TPSA) is 124 Å². The van der Waals surface area contributed by atoms with Gasteiger partial charge in [-0.05, 0) is 18.2 Å². The molecule has 1 rings (SSSR count). The Bertz CT molecular complexity index is 596. The van der Waals surface area contributed by atoms with Crippen LogP contribution in [0.25, 0.3) is 0 Å². The van der Waals surface area contributed by atoms with E-state index >= 15 is 0 Å². The van der Waals surface area contributed by atoms with Crippen LogP contribution in [0.3, 0.4) is 0 Å². The minimum atomic E-state index is -3.42. The second-order valence-corrected chi connectivity index (χ2v) is 6.35. The summed E-state index contributed by atoms with van der Waals surface area (Å²) in [5.74, 6) is -2.08. The average Bonchev–Trinajstić information content (AvgIpc) is 2.37. The van der Waals surface area contributed by atoms with E-state index in [2.05, 4.69) is 0 Å². The first kappa shape index (κ1) is 16.0. The molecule has 0 spiro atoms. The van der Waals surface area contributed by atoms with Crippen molar-refractivity contribution in [1.29, 1.82) is 0 Å². The molecular weight excluding hydrogens is 286 g/mol. The molecule has 0 aliphatic carbocycles. The molecule has 0 radical (unpaired) electrons. The number of carboxylic acid groups (broad SMARTS) is 1. The second kappa shape index (κ2) is 6.90. The number of ether oxygens (including phenoxy) is 1. The number of aromatic carboxylic acids is 1. The zero-order valence-electron chi connectivity index (χ0n) is 10.6. The van der Waals surface area contributed by atoms with Crippen molar-refractivity contribution in [3.63, 3.8) is 0 Å². The molecule has 0 saturated heterocycles. The van der Waals surface area contributed by atoms with E-state index in [4.69, 9.17) is 15.6 Å². The third-order valence-electron chi connectivity index (χ3n) is 2.40. The zero-order valence-corrected chi connectivity index (χ0v) is 11.4. The summed E-state index contributed by atoms with van der Waals surface area (Å²) in [5, 5.41) is 8.79. The fraction of sp³-hybridized carbons (Fsp3) is 0.333. The van der Waals surface area contributed by atoms with Crippen molar-refractivity contribution in [2.24, 2.45) is 5.73 Å². The Morgan fingerprint density at radius 2 is 1.95 bits per heavy atom. The van der Waals surface area contributed by atoms with Gasteiger partial charge in [0, 0.05) is 6.42 Å². The lowest BCUT2D eigenvalue weighted by molar-refractivity contribution is -0.117. The Kier molecular flexibility index (Phi) is 5.51. The summed E-state index contributed by atoms with van der Waals surface area (Å²) in [5.41, 5.74) is 4.93. The predicted octanol–water partition coefficient (Wildman–Crippen LogP) is 0.0538. The van der Waals surface area contributed by atoms with Crippen LogP contribution < -0.4 is 10.5 Å². The van der Waals surface area contributed by atoms with Crippen LogP contribution in [-0.4, -0.2) is 43.5 Å². The number of benzene rings is 1. The summed E-state index contributed by atoms with van der Waals surface area (Å²) in [7, 11) is -3.42. The first-order valence-corrected chi connectivity index (χ1v) is 7.57. The molecule has 0 atom stereocenters. The van der Waals surface area contributed by atoms with Crippen molar-refractivity contribution < 1.29 is 27.9 Å². The molecule has 20 heavy (non-hydrogen) atoms. The van der Waals surface area contributed by atoms with E-state index in [-0.39, 0.29) is 35.8 Å². The van der Waals surface area contributed by atoms with E-state index in [0.717, 1.165) is 0 Å². The van der Waals surface area contributed by atoms with Crippen LogP contribution in [-0.2, 0) is 14.6 Å². The molecule has 0 aromatic heterocycles. The van der Waals surface area contributed by atoms with Gasteiger partial charge in [0.25, 0.3) is 0 Å². The lowest BCUT2D eigenvalue weighted by atomic mass is 10.2. The van der Waals surface area contributed by atoms with E-state index in [1.165, 1.54) is 24.3 Å². The summed E-state index contributed by atoms with van der Waals surface area (Å²) in [6, 6.07) is 5.74. The molecule has 0 aliphatic heterocycles. The van der Waals surface area contributed by atoms with Gasteiger partial charge in [-0.3, -0.25) is 4.79 Å². The molecule has 0 fully saturated rings. The van der Waals surface area contributed by atoms with E-state index in [9.17, 15) is 18.0 Å². The minimum absolute atomic E-state index is 0.0547. The van der Waals surface area contributed by atoms with Gasteiger partial charge in [-0.1, -0.05) is 6.07 Å². The van der Waals surface area contributed by atoms with Crippen LogP contribution in [0.2, 0.25) is 0 Å². The van der Waals surface area contributed by atoms with Crippen LogP contribution in [0.5, 0.6) is 5.75 Å². The van der Waals surface area contributed by atoms with Gasteiger partial charge in [0.1, 0.15) is 12.4 Å². The maximum atomic E-state index is 11.5. The summed E-state index contributed by atoms with van der Waals surface area (Å²) < 4.78 is 28.2. The molecule has 0 heterocycles. The van der Waals surface area contributed by atoms with E-state index in [1.54, 1.807) is 0 Å². The molecule has 110 valence electrons. The molecule has 3 N–H and O–H groups in total. The summed E-state index contributed by atoms with van der Waals surface area (Å²) in [6.07, 6.45) is -0.225. The van der Waals surface area contributed by atoms with Gasteiger partial charge in [-0.25, -0.2) is 13.2 Å². The Morgan fingerprint density at radius 1 is 1.25 bits per heavy atom. The number of carbonyl (C=O) groups is 2. The number of carbonyl (C=O) groups excluding carboxylic acids is 1. The maximum absolute atomic E-state index is 11.5.